The summed E-state index contributed by atoms with van der Waals surface area (Å²) in [5.74, 6) is 6.77. The van der Waals surface area contributed by atoms with E-state index in [1.165, 1.54) is 30.8 Å². The van der Waals surface area contributed by atoms with E-state index in [1.54, 1.807) is 12.1 Å². The largest absolute Gasteiger partial charge is 0.494 e. The Morgan fingerprint density at radius 1 is 1.31 bits per heavy atom. The molecule has 1 saturated carbocycles. The summed E-state index contributed by atoms with van der Waals surface area (Å²) in [5.41, 5.74) is 9.10. The molecule has 3 aromatic rings. The molecule has 2 aromatic heterocycles. The van der Waals surface area contributed by atoms with Crippen molar-refractivity contribution in [3.8, 4) is 28.7 Å². The molecule has 1 fully saturated rings. The number of ether oxygens (including phenoxy) is 1. The summed E-state index contributed by atoms with van der Waals surface area (Å²) in [4.78, 5) is 17.3. The second-order valence-corrected chi connectivity index (χ2v) is 8.59. The van der Waals surface area contributed by atoms with Crippen molar-refractivity contribution in [2.24, 2.45) is 11.7 Å². The molecule has 1 amide bonds. The fourth-order valence-electron chi connectivity index (χ4n) is 2.98. The van der Waals surface area contributed by atoms with Gasteiger partial charge in [-0.25, -0.2) is 4.98 Å². The highest BCUT2D eigenvalue weighted by Gasteiger charge is 2.20. The summed E-state index contributed by atoms with van der Waals surface area (Å²) in [5, 5.41) is 12.1. The number of rotatable bonds is 5. The number of hydrogen-bond acceptors (Lipinski definition) is 7. The molecule has 4 rings (SSSR count). The number of benzene rings is 1. The van der Waals surface area contributed by atoms with Crippen molar-refractivity contribution in [1.29, 1.82) is 0 Å². The van der Waals surface area contributed by atoms with Crippen LogP contribution < -0.4 is 15.8 Å². The molecular weight excluding hydrogens is 446 g/mol. The second-order valence-electron chi connectivity index (χ2n) is 7.23. The number of amides is 1. The Labute approximate surface area is 194 Å². The molecule has 3 N–H and O–H groups in total. The van der Waals surface area contributed by atoms with Crippen LogP contribution in [0.25, 0.3) is 16.7 Å². The van der Waals surface area contributed by atoms with Crippen molar-refractivity contribution in [3.05, 3.63) is 57.9 Å². The number of methoxy groups -OCH3 is 1. The molecule has 0 radical (unpaired) electrons. The van der Waals surface area contributed by atoms with E-state index >= 15 is 0 Å². The van der Waals surface area contributed by atoms with E-state index in [2.05, 4.69) is 32.3 Å². The van der Waals surface area contributed by atoms with Crippen LogP contribution in [0.5, 0.6) is 5.75 Å². The number of carbonyl (C=O) groups excluding carboxylic acids is 1. The summed E-state index contributed by atoms with van der Waals surface area (Å²) in [7, 11) is 1.54. The predicted molar refractivity (Wildman–Crippen MR) is 127 cm³/mol. The molecule has 0 unspecified atom stereocenters. The molecule has 162 valence electrons. The van der Waals surface area contributed by atoms with Crippen LogP contribution in [0.1, 0.15) is 40.7 Å². The smallest absolute Gasteiger partial charge is 0.258 e. The zero-order valence-electron chi connectivity index (χ0n) is 17.5. The van der Waals surface area contributed by atoms with E-state index in [4.69, 9.17) is 22.1 Å². The van der Waals surface area contributed by atoms with Crippen LogP contribution in [0.4, 0.5) is 5.13 Å². The van der Waals surface area contributed by atoms with Gasteiger partial charge >= 0.3 is 0 Å². The highest BCUT2D eigenvalue weighted by molar-refractivity contribution is 7.15. The van der Waals surface area contributed by atoms with Gasteiger partial charge in [0, 0.05) is 17.0 Å². The quantitative estimate of drug-likeness (QED) is 0.421. The topological polar surface area (TPSA) is 103 Å². The summed E-state index contributed by atoms with van der Waals surface area (Å²) in [6, 6.07) is 7.09. The third-order valence-corrected chi connectivity index (χ3v) is 5.88. The number of aromatic nitrogens is 3. The molecule has 0 bridgehead atoms. The fourth-order valence-corrected chi connectivity index (χ4v) is 3.74. The molecule has 0 aliphatic heterocycles. The van der Waals surface area contributed by atoms with Gasteiger partial charge in [-0.1, -0.05) is 34.9 Å². The van der Waals surface area contributed by atoms with Gasteiger partial charge in [0.05, 0.1) is 13.3 Å². The van der Waals surface area contributed by atoms with Crippen LogP contribution in [0.2, 0.25) is 5.15 Å². The summed E-state index contributed by atoms with van der Waals surface area (Å²) in [6.07, 6.45) is 5.30. The first-order chi connectivity index (χ1) is 15.5. The van der Waals surface area contributed by atoms with Gasteiger partial charge in [-0.3, -0.25) is 10.1 Å². The van der Waals surface area contributed by atoms with Gasteiger partial charge in [0.2, 0.25) is 5.13 Å². The first-order valence-electron chi connectivity index (χ1n) is 9.87. The number of carbonyl (C=O) groups is 1. The summed E-state index contributed by atoms with van der Waals surface area (Å²) in [6.45, 7) is 1.89. The molecule has 1 aliphatic rings. The maximum Gasteiger partial charge on any atom is 0.258 e. The average Bonchev–Trinajstić information content (AvgIpc) is 3.54. The molecule has 1 aliphatic carbocycles. The molecule has 9 heteroatoms. The Kier molecular flexibility index (Phi) is 6.40. The molecule has 1 aromatic carbocycles. The minimum absolute atomic E-state index is 0.284. The van der Waals surface area contributed by atoms with Gasteiger partial charge < -0.3 is 10.5 Å². The molecule has 7 nitrogen and oxygen atoms in total. The molecule has 0 atom stereocenters. The van der Waals surface area contributed by atoms with Crippen LogP contribution in [0.3, 0.4) is 0 Å². The van der Waals surface area contributed by atoms with Crippen LogP contribution in [-0.2, 0) is 0 Å². The van der Waals surface area contributed by atoms with E-state index < -0.39 is 0 Å². The lowest BCUT2D eigenvalue weighted by Gasteiger charge is -2.14. The molecule has 0 saturated heterocycles. The number of halogens is 1. The van der Waals surface area contributed by atoms with Crippen molar-refractivity contribution in [1.82, 2.24) is 15.2 Å². The standard InChI is InChI=1S/C23H20ClN5O2S/c1-13(11-25)15-6-7-16(17(9-15)18-10-20(24)26-12-19(18)31-2)22(30)27-23-29-28-21(32-23)8-5-14-3-4-14/h6-7,9-12,14H,3-4,25H2,1-2H3,(H,27,29,30)/b13-11+. The predicted octanol–water partition coefficient (Wildman–Crippen LogP) is 4.60. The molecular formula is C23H20ClN5O2S. The average molecular weight is 466 g/mol. The number of nitrogens with one attached hydrogen (secondary N) is 1. The number of hydrogen-bond donors (Lipinski definition) is 2. The highest BCUT2D eigenvalue weighted by Crippen LogP contribution is 2.36. The van der Waals surface area contributed by atoms with Crippen molar-refractivity contribution in [3.63, 3.8) is 0 Å². The van der Waals surface area contributed by atoms with Gasteiger partial charge in [-0.05, 0) is 66.8 Å². The van der Waals surface area contributed by atoms with Crippen LogP contribution >= 0.6 is 22.9 Å². The third kappa shape index (κ3) is 4.90. The van der Waals surface area contributed by atoms with Gasteiger partial charge in [-0.15, -0.1) is 10.2 Å². The fraction of sp³-hybridized carbons (Fsp3) is 0.217. The SMILES string of the molecule is COc1cnc(Cl)cc1-c1cc(/C(C)=C/N)ccc1C(=O)Nc1nnc(C#CC2CC2)s1. The third-order valence-electron chi connectivity index (χ3n) is 4.92. The van der Waals surface area contributed by atoms with Crippen LogP contribution in [0.15, 0.2) is 36.7 Å². The zero-order chi connectivity index (χ0) is 22.7. The normalized spacial score (nSPS) is 13.3. The highest BCUT2D eigenvalue weighted by atomic mass is 35.5. The minimum atomic E-state index is -0.339. The Morgan fingerprint density at radius 3 is 2.84 bits per heavy atom. The molecule has 2 heterocycles. The minimum Gasteiger partial charge on any atom is -0.494 e. The van der Waals surface area contributed by atoms with Crippen LogP contribution in [-0.4, -0.2) is 28.2 Å². The first-order valence-corrected chi connectivity index (χ1v) is 11.1. The van der Waals surface area contributed by atoms with Gasteiger partial charge in [0.1, 0.15) is 10.9 Å². The lowest BCUT2D eigenvalue weighted by atomic mass is 9.94. The number of pyridine rings is 1. The molecule has 0 spiro atoms. The number of anilines is 1. The van der Waals surface area contributed by atoms with E-state index in [9.17, 15) is 4.79 Å². The number of allylic oxidation sites excluding steroid dienone is 1. The Balaban J connectivity index is 1.71. The number of nitrogens with zero attached hydrogens (tertiary/aromatic N) is 3. The lowest BCUT2D eigenvalue weighted by Crippen LogP contribution is -2.13. The second kappa shape index (κ2) is 9.39. The van der Waals surface area contributed by atoms with E-state index in [0.29, 0.717) is 38.5 Å². The maximum atomic E-state index is 13.2. The van der Waals surface area contributed by atoms with Gasteiger partial charge in [0.15, 0.2) is 5.01 Å². The maximum absolute atomic E-state index is 13.2. The van der Waals surface area contributed by atoms with Crippen molar-refractivity contribution < 1.29 is 9.53 Å². The Morgan fingerprint density at radius 2 is 2.12 bits per heavy atom. The van der Waals surface area contributed by atoms with E-state index in [0.717, 1.165) is 24.0 Å². The van der Waals surface area contributed by atoms with Gasteiger partial charge in [-0.2, -0.15) is 0 Å². The van der Waals surface area contributed by atoms with Crippen molar-refractivity contribution in [2.75, 3.05) is 12.4 Å². The molecule has 32 heavy (non-hydrogen) atoms. The summed E-state index contributed by atoms with van der Waals surface area (Å²) < 4.78 is 5.46. The van der Waals surface area contributed by atoms with E-state index in [-0.39, 0.29) is 11.1 Å². The Hall–Kier alpha value is -3.41. The Bertz CT molecular complexity index is 1270. The lowest BCUT2D eigenvalue weighted by molar-refractivity contribution is 0.102. The van der Waals surface area contributed by atoms with E-state index in [1.807, 2.05) is 19.1 Å². The van der Waals surface area contributed by atoms with Crippen molar-refractivity contribution >= 4 is 39.5 Å². The van der Waals surface area contributed by atoms with Crippen LogP contribution in [0, 0.1) is 17.8 Å². The number of nitrogens with two attached hydrogens (primary N) is 1. The first kappa shape index (κ1) is 21.8. The zero-order valence-corrected chi connectivity index (χ0v) is 19.0. The van der Waals surface area contributed by atoms with Crippen molar-refractivity contribution in [2.45, 2.75) is 19.8 Å². The summed E-state index contributed by atoms with van der Waals surface area (Å²) >= 11 is 7.39. The van der Waals surface area contributed by atoms with Gasteiger partial charge in [0.25, 0.3) is 5.91 Å². The monoisotopic (exact) mass is 465 g/mol.